The highest BCUT2D eigenvalue weighted by atomic mass is 16.6. The summed E-state index contributed by atoms with van der Waals surface area (Å²) in [7, 11) is 1.95. The van der Waals surface area contributed by atoms with Gasteiger partial charge in [-0.3, -0.25) is 4.90 Å². The molecule has 2 unspecified atom stereocenters. The summed E-state index contributed by atoms with van der Waals surface area (Å²) in [6.07, 6.45) is 8.84. The number of aryl methyl sites for hydroxylation is 1. The normalized spacial score (nSPS) is 37.5. The van der Waals surface area contributed by atoms with Crippen molar-refractivity contribution in [2.45, 2.75) is 88.6 Å². The van der Waals surface area contributed by atoms with Crippen LogP contribution in [-0.2, 0) is 27.9 Å². The van der Waals surface area contributed by atoms with Gasteiger partial charge in [-0.05, 0) is 100 Å². The van der Waals surface area contributed by atoms with Gasteiger partial charge in [-0.15, -0.1) is 0 Å². The van der Waals surface area contributed by atoms with Crippen molar-refractivity contribution in [3.8, 4) is 5.75 Å². The molecule has 4 bridgehead atoms. The maximum Gasteiger partial charge on any atom is 0.138 e. The topological polar surface area (TPSA) is 43.0 Å². The minimum Gasteiger partial charge on any atom is -0.486 e. The van der Waals surface area contributed by atoms with E-state index in [1.54, 1.807) is 11.1 Å². The van der Waals surface area contributed by atoms with Gasteiger partial charge in [0.25, 0.3) is 0 Å². The lowest BCUT2D eigenvalue weighted by molar-refractivity contribution is -0.283. The van der Waals surface area contributed by atoms with E-state index in [0.717, 1.165) is 25.5 Å². The molecule has 4 saturated carbocycles. The molecule has 2 aliphatic heterocycles. The second-order valence-electron chi connectivity index (χ2n) is 13.6. The molecule has 2 spiro atoms. The van der Waals surface area contributed by atoms with E-state index in [0.29, 0.717) is 18.6 Å². The highest BCUT2D eigenvalue weighted by Crippen LogP contribution is 2.76. The minimum atomic E-state index is -0.295. The lowest BCUT2D eigenvalue weighted by atomic mass is 9.35. The van der Waals surface area contributed by atoms with Gasteiger partial charge in [0.15, 0.2) is 0 Å². The Labute approximate surface area is 233 Å². The number of nitrogens with one attached hydrogen (secondary N) is 1. The number of rotatable bonds is 9. The van der Waals surface area contributed by atoms with Gasteiger partial charge >= 0.3 is 0 Å². The molecule has 5 fully saturated rings. The van der Waals surface area contributed by atoms with E-state index in [-0.39, 0.29) is 22.5 Å². The summed E-state index contributed by atoms with van der Waals surface area (Å²) < 4.78 is 20.4. The van der Waals surface area contributed by atoms with Crippen LogP contribution in [-0.4, -0.2) is 56.0 Å². The zero-order valence-corrected chi connectivity index (χ0v) is 23.9. The zero-order chi connectivity index (χ0) is 26.4. The molecular formula is C34H44N2O3. The van der Waals surface area contributed by atoms with Gasteiger partial charge in [-0.2, -0.15) is 0 Å². The predicted molar refractivity (Wildman–Crippen MR) is 153 cm³/mol. The van der Waals surface area contributed by atoms with E-state index in [4.69, 9.17) is 14.2 Å². The molecule has 2 heterocycles. The van der Waals surface area contributed by atoms with E-state index >= 15 is 0 Å². The summed E-state index contributed by atoms with van der Waals surface area (Å²) in [5.74, 6) is 2.45. The van der Waals surface area contributed by atoms with Gasteiger partial charge in [-0.25, -0.2) is 0 Å². The van der Waals surface area contributed by atoms with Crippen LogP contribution in [0.2, 0.25) is 0 Å². The number of fused-ring (bicyclic) bond motifs is 2. The number of methoxy groups -OCH3 is 1. The molecule has 5 nitrogen and oxygen atoms in total. The average molecular weight is 529 g/mol. The third-order valence-corrected chi connectivity index (χ3v) is 11.9. The first-order chi connectivity index (χ1) is 19.0. The summed E-state index contributed by atoms with van der Waals surface area (Å²) in [4.78, 5) is 2.93. The van der Waals surface area contributed by atoms with Gasteiger partial charge in [0.05, 0.1) is 13.2 Å². The molecule has 2 aromatic carbocycles. The number of hydrogen-bond donors (Lipinski definition) is 1. The van der Waals surface area contributed by atoms with Crippen LogP contribution in [0.25, 0.3) is 0 Å². The average Bonchev–Trinajstić information content (AvgIpc) is 3.69. The molecule has 5 heteroatoms. The van der Waals surface area contributed by atoms with Crippen LogP contribution in [0.3, 0.4) is 0 Å². The van der Waals surface area contributed by atoms with Crippen LogP contribution >= 0.6 is 0 Å². The van der Waals surface area contributed by atoms with E-state index in [1.807, 2.05) is 7.11 Å². The number of hydrogen-bond acceptors (Lipinski definition) is 5. The van der Waals surface area contributed by atoms with Crippen molar-refractivity contribution in [1.29, 1.82) is 0 Å². The number of ether oxygens (including phenoxy) is 3. The lowest BCUT2D eigenvalue weighted by Gasteiger charge is -2.74. The molecule has 1 saturated heterocycles. The van der Waals surface area contributed by atoms with E-state index in [1.165, 1.54) is 74.2 Å². The fraction of sp³-hybridized carbons (Fsp3) is 0.647. The van der Waals surface area contributed by atoms with E-state index in [9.17, 15) is 0 Å². The van der Waals surface area contributed by atoms with Gasteiger partial charge in [-0.1, -0.05) is 24.3 Å². The fourth-order valence-corrected chi connectivity index (χ4v) is 10.2. The van der Waals surface area contributed by atoms with Crippen molar-refractivity contribution >= 4 is 5.69 Å². The Bertz CT molecular complexity index is 1290. The summed E-state index contributed by atoms with van der Waals surface area (Å²) in [6.45, 7) is 9.18. The van der Waals surface area contributed by atoms with Crippen molar-refractivity contribution in [3.63, 3.8) is 0 Å². The van der Waals surface area contributed by atoms with Gasteiger partial charge in [0.1, 0.15) is 17.5 Å². The maximum absolute atomic E-state index is 7.19. The second-order valence-corrected chi connectivity index (χ2v) is 13.6. The van der Waals surface area contributed by atoms with Crippen LogP contribution in [0.4, 0.5) is 5.69 Å². The summed E-state index contributed by atoms with van der Waals surface area (Å²) in [5.41, 5.74) is 6.86. The smallest absolute Gasteiger partial charge is 0.138 e. The molecule has 0 aromatic heterocycles. The highest BCUT2D eigenvalue weighted by Gasteiger charge is 2.80. The van der Waals surface area contributed by atoms with Crippen molar-refractivity contribution in [3.05, 3.63) is 58.7 Å². The SMILES string of the molecule is CCNc1cccc(COC[C@H]2CC34CCC2(OC)[C@@H]2Oc5c(C)ccc6c5[C@@]23CCN(CC2CC2)[C@@H]4C6)c1. The van der Waals surface area contributed by atoms with E-state index in [2.05, 4.69) is 60.5 Å². The molecule has 6 atom stereocenters. The number of likely N-dealkylation sites (tertiary alicyclic amines) is 1. The molecule has 9 rings (SSSR count). The molecule has 5 aliphatic carbocycles. The van der Waals surface area contributed by atoms with E-state index < -0.39 is 0 Å². The molecule has 39 heavy (non-hydrogen) atoms. The summed E-state index contributed by atoms with van der Waals surface area (Å²) in [5, 5.41) is 3.43. The Balaban J connectivity index is 1.16. The Hall–Kier alpha value is -2.08. The molecule has 7 aliphatic rings. The lowest BCUT2D eigenvalue weighted by Crippen LogP contribution is -2.81. The zero-order valence-electron chi connectivity index (χ0n) is 23.9. The van der Waals surface area contributed by atoms with Gasteiger partial charge in [0.2, 0.25) is 0 Å². The minimum absolute atomic E-state index is 0.0809. The quantitative estimate of drug-likeness (QED) is 0.441. The molecule has 208 valence electrons. The first kappa shape index (κ1) is 24.7. The number of nitrogens with zero attached hydrogens (tertiary/aromatic N) is 1. The Kier molecular flexibility index (Phi) is 5.51. The monoisotopic (exact) mass is 528 g/mol. The highest BCUT2D eigenvalue weighted by molar-refractivity contribution is 5.61. The molecule has 0 amide bonds. The van der Waals surface area contributed by atoms with Crippen molar-refractivity contribution in [2.24, 2.45) is 17.3 Å². The molecular weight excluding hydrogens is 484 g/mol. The van der Waals surface area contributed by atoms with Crippen LogP contribution in [0.1, 0.15) is 67.7 Å². The summed E-state index contributed by atoms with van der Waals surface area (Å²) in [6, 6.07) is 14.0. The predicted octanol–water partition coefficient (Wildman–Crippen LogP) is 5.87. The fourth-order valence-electron chi connectivity index (χ4n) is 10.2. The van der Waals surface area contributed by atoms with Gasteiger partial charge < -0.3 is 19.5 Å². The number of anilines is 1. The Morgan fingerprint density at radius 1 is 1.13 bits per heavy atom. The van der Waals surface area contributed by atoms with Gasteiger partial charge in [0, 0.05) is 54.2 Å². The third-order valence-electron chi connectivity index (χ3n) is 11.9. The first-order valence-electron chi connectivity index (χ1n) is 15.5. The van der Waals surface area contributed by atoms with Crippen LogP contribution in [0, 0.1) is 24.2 Å². The van der Waals surface area contributed by atoms with Crippen molar-refractivity contribution < 1.29 is 14.2 Å². The standard InChI is InChI=1S/C34H44N2O3/c1-4-35-27-7-5-6-24(16-27)20-38-21-26-18-32-12-13-34(26,37-3)31-33(32)14-15-36(19-23-9-10-23)28(32)17-25-11-8-22(2)30(39-31)29(25)33/h5-8,11,16,23,26,28,31,35H,4,9-10,12-15,17-21H2,1-3H3/t26-,28-,31-,32?,33+,34?/m1/s1. The maximum atomic E-state index is 7.19. The largest absolute Gasteiger partial charge is 0.486 e. The first-order valence-corrected chi connectivity index (χ1v) is 15.5. The van der Waals surface area contributed by atoms with Crippen LogP contribution in [0.15, 0.2) is 36.4 Å². The molecule has 1 N–H and O–H groups in total. The van der Waals surface area contributed by atoms with Crippen LogP contribution in [0.5, 0.6) is 5.75 Å². The number of benzene rings is 2. The van der Waals surface area contributed by atoms with Crippen molar-refractivity contribution in [2.75, 3.05) is 38.7 Å². The molecule has 0 radical (unpaired) electrons. The Morgan fingerprint density at radius 3 is 2.85 bits per heavy atom. The number of piperidine rings is 1. The third kappa shape index (κ3) is 3.24. The Morgan fingerprint density at radius 2 is 2.03 bits per heavy atom. The summed E-state index contributed by atoms with van der Waals surface area (Å²) >= 11 is 0. The van der Waals surface area contributed by atoms with Crippen molar-refractivity contribution in [1.82, 2.24) is 4.90 Å². The second kappa shape index (κ2) is 8.71. The molecule has 2 aromatic rings. The van der Waals surface area contributed by atoms with Crippen LogP contribution < -0.4 is 10.1 Å².